The molecule has 2 aromatic rings. The molecule has 2 N–H and O–H groups in total. The van der Waals surface area contributed by atoms with Gasteiger partial charge in [0, 0.05) is 11.8 Å². The van der Waals surface area contributed by atoms with E-state index in [2.05, 4.69) is 10.6 Å². The summed E-state index contributed by atoms with van der Waals surface area (Å²) >= 11 is 22.8. The van der Waals surface area contributed by atoms with E-state index in [4.69, 9.17) is 56.5 Å². The minimum Gasteiger partial charge on any atom is -0.494 e. The molecule has 9 heteroatoms. The van der Waals surface area contributed by atoms with Gasteiger partial charge in [0.2, 0.25) is 0 Å². The van der Waals surface area contributed by atoms with Crippen LogP contribution in [-0.2, 0) is 4.79 Å². The van der Waals surface area contributed by atoms with E-state index in [-0.39, 0.29) is 27.5 Å². The van der Waals surface area contributed by atoms with Crippen LogP contribution < -0.4 is 20.1 Å². The van der Waals surface area contributed by atoms with Crippen molar-refractivity contribution in [2.45, 2.75) is 6.92 Å². The van der Waals surface area contributed by atoms with Gasteiger partial charge in [0.25, 0.3) is 5.91 Å². The van der Waals surface area contributed by atoms with Crippen molar-refractivity contribution in [2.24, 2.45) is 0 Å². The van der Waals surface area contributed by atoms with Crippen molar-refractivity contribution in [1.29, 1.82) is 0 Å². The number of benzene rings is 2. The lowest BCUT2D eigenvalue weighted by atomic mass is 10.3. The first-order valence-corrected chi connectivity index (χ1v) is 9.04. The summed E-state index contributed by atoms with van der Waals surface area (Å²) in [7, 11) is 0. The Bertz CT molecular complexity index is 801. The second-order valence-electron chi connectivity index (χ2n) is 4.95. The van der Waals surface area contributed by atoms with E-state index in [1.165, 1.54) is 12.1 Å². The molecule has 138 valence electrons. The lowest BCUT2D eigenvalue weighted by molar-refractivity contribution is -0.121. The van der Waals surface area contributed by atoms with Gasteiger partial charge in [-0.1, -0.05) is 34.8 Å². The Balaban J connectivity index is 1.83. The third-order valence-corrected chi connectivity index (χ3v) is 4.23. The summed E-state index contributed by atoms with van der Waals surface area (Å²) in [6, 6.07) is 10.1. The Morgan fingerprint density at radius 2 is 1.69 bits per heavy atom. The van der Waals surface area contributed by atoms with Crippen molar-refractivity contribution in [3.63, 3.8) is 0 Å². The molecule has 0 aliphatic carbocycles. The van der Waals surface area contributed by atoms with Gasteiger partial charge in [0.15, 0.2) is 11.7 Å². The number of carbonyl (C=O) groups excluding carboxylic acids is 1. The molecule has 0 saturated heterocycles. The van der Waals surface area contributed by atoms with Gasteiger partial charge < -0.3 is 14.8 Å². The average Bonchev–Trinajstić information content (AvgIpc) is 2.59. The quantitative estimate of drug-likeness (QED) is 0.499. The molecule has 0 aliphatic heterocycles. The Morgan fingerprint density at radius 3 is 2.35 bits per heavy atom. The topological polar surface area (TPSA) is 59.6 Å². The molecule has 26 heavy (non-hydrogen) atoms. The van der Waals surface area contributed by atoms with Gasteiger partial charge in [0.05, 0.1) is 21.7 Å². The predicted molar refractivity (Wildman–Crippen MR) is 109 cm³/mol. The van der Waals surface area contributed by atoms with E-state index >= 15 is 0 Å². The fraction of sp³-hybridized carbons (Fsp3) is 0.176. The zero-order chi connectivity index (χ0) is 19.1. The van der Waals surface area contributed by atoms with E-state index in [1.807, 2.05) is 6.92 Å². The predicted octanol–water partition coefficient (Wildman–Crippen LogP) is 4.94. The highest BCUT2D eigenvalue weighted by Gasteiger charge is 2.10. The number of carbonyl (C=O) groups is 1. The maximum absolute atomic E-state index is 11.9. The number of anilines is 1. The van der Waals surface area contributed by atoms with Crippen LogP contribution in [0.15, 0.2) is 36.4 Å². The van der Waals surface area contributed by atoms with Gasteiger partial charge in [-0.05, 0) is 49.5 Å². The van der Waals surface area contributed by atoms with Crippen LogP contribution in [0.3, 0.4) is 0 Å². The Morgan fingerprint density at radius 1 is 1.04 bits per heavy atom. The Hall–Kier alpha value is -1.73. The standard InChI is InChI=1S/C17H15Cl3N2O3S/c1-2-24-11-5-3-10(4-6-11)21-17(26)22-16(23)9-25-15-8-13(19)12(18)7-14(15)20/h3-8H,2,9H2,1H3,(H2,21,22,23,26). The summed E-state index contributed by atoms with van der Waals surface area (Å²) < 4.78 is 10.7. The SMILES string of the molecule is CCOc1ccc(NC(=S)NC(=O)COc2cc(Cl)c(Cl)cc2Cl)cc1. The molecule has 5 nitrogen and oxygen atoms in total. The molecule has 0 bridgehead atoms. The molecule has 0 unspecified atom stereocenters. The highest BCUT2D eigenvalue weighted by atomic mass is 35.5. The van der Waals surface area contributed by atoms with Crippen molar-refractivity contribution in [3.05, 3.63) is 51.5 Å². The van der Waals surface area contributed by atoms with Gasteiger partial charge in [-0.15, -0.1) is 0 Å². The fourth-order valence-corrected chi connectivity index (χ4v) is 2.71. The lowest BCUT2D eigenvalue weighted by Crippen LogP contribution is -2.37. The van der Waals surface area contributed by atoms with Gasteiger partial charge in [-0.2, -0.15) is 0 Å². The molecule has 0 radical (unpaired) electrons. The van der Waals surface area contributed by atoms with Crippen molar-refractivity contribution >= 4 is 63.7 Å². The minimum absolute atomic E-state index is 0.142. The zero-order valence-electron chi connectivity index (χ0n) is 13.6. The number of hydrogen-bond acceptors (Lipinski definition) is 4. The molecule has 0 spiro atoms. The maximum Gasteiger partial charge on any atom is 0.264 e. The third-order valence-electron chi connectivity index (χ3n) is 3.01. The first kappa shape index (κ1) is 20.6. The number of amides is 1. The highest BCUT2D eigenvalue weighted by Crippen LogP contribution is 2.33. The maximum atomic E-state index is 11.9. The number of rotatable bonds is 6. The van der Waals surface area contributed by atoms with E-state index < -0.39 is 5.91 Å². The second-order valence-corrected chi connectivity index (χ2v) is 6.57. The normalized spacial score (nSPS) is 10.2. The Labute approximate surface area is 171 Å². The summed E-state index contributed by atoms with van der Waals surface area (Å²) in [4.78, 5) is 11.9. The van der Waals surface area contributed by atoms with Gasteiger partial charge in [-0.25, -0.2) is 0 Å². The number of hydrogen-bond donors (Lipinski definition) is 2. The summed E-state index contributed by atoms with van der Waals surface area (Å²) in [5.41, 5.74) is 0.715. The number of halogens is 3. The van der Waals surface area contributed by atoms with Gasteiger partial charge in [-0.3, -0.25) is 10.1 Å². The van der Waals surface area contributed by atoms with E-state index in [9.17, 15) is 4.79 Å². The van der Waals surface area contributed by atoms with Crippen molar-refractivity contribution in [3.8, 4) is 11.5 Å². The van der Waals surface area contributed by atoms with Gasteiger partial charge in [0.1, 0.15) is 11.5 Å². The molecule has 0 saturated carbocycles. The van der Waals surface area contributed by atoms with Crippen LogP contribution in [0.25, 0.3) is 0 Å². The van der Waals surface area contributed by atoms with Crippen LogP contribution in [0.4, 0.5) is 5.69 Å². The number of thiocarbonyl (C=S) groups is 1. The molecule has 0 heterocycles. The van der Waals surface area contributed by atoms with Gasteiger partial charge >= 0.3 is 0 Å². The summed E-state index contributed by atoms with van der Waals surface area (Å²) in [5.74, 6) is 0.553. The van der Waals surface area contributed by atoms with Crippen LogP contribution in [0, 0.1) is 0 Å². The van der Waals surface area contributed by atoms with Crippen molar-refractivity contribution in [1.82, 2.24) is 5.32 Å². The first-order valence-electron chi connectivity index (χ1n) is 7.50. The van der Waals surface area contributed by atoms with Crippen molar-refractivity contribution in [2.75, 3.05) is 18.5 Å². The van der Waals surface area contributed by atoms with Crippen LogP contribution >= 0.6 is 47.0 Å². The summed E-state index contributed by atoms with van der Waals surface area (Å²) in [6.45, 7) is 2.21. The molecule has 0 fully saturated rings. The lowest BCUT2D eigenvalue weighted by Gasteiger charge is -2.12. The average molecular weight is 434 g/mol. The molecular weight excluding hydrogens is 419 g/mol. The molecule has 2 aromatic carbocycles. The molecule has 0 aromatic heterocycles. The van der Waals surface area contributed by atoms with Crippen LogP contribution in [-0.4, -0.2) is 24.2 Å². The largest absolute Gasteiger partial charge is 0.494 e. The highest BCUT2D eigenvalue weighted by molar-refractivity contribution is 7.80. The monoisotopic (exact) mass is 432 g/mol. The molecule has 0 atom stereocenters. The zero-order valence-corrected chi connectivity index (χ0v) is 16.7. The fourth-order valence-electron chi connectivity index (χ4n) is 1.88. The summed E-state index contributed by atoms with van der Waals surface area (Å²) in [5, 5.41) is 6.37. The molecule has 0 aliphatic rings. The first-order chi connectivity index (χ1) is 12.4. The summed E-state index contributed by atoms with van der Waals surface area (Å²) in [6.07, 6.45) is 0. The van der Waals surface area contributed by atoms with E-state index in [0.717, 1.165) is 5.75 Å². The van der Waals surface area contributed by atoms with Crippen LogP contribution in [0.5, 0.6) is 11.5 Å². The molecule has 2 rings (SSSR count). The van der Waals surface area contributed by atoms with Crippen LogP contribution in [0.2, 0.25) is 15.1 Å². The van der Waals surface area contributed by atoms with Crippen molar-refractivity contribution < 1.29 is 14.3 Å². The van der Waals surface area contributed by atoms with E-state index in [1.54, 1.807) is 24.3 Å². The molecular formula is C17H15Cl3N2O3S. The number of nitrogens with one attached hydrogen (secondary N) is 2. The number of ether oxygens (including phenoxy) is 2. The smallest absolute Gasteiger partial charge is 0.264 e. The van der Waals surface area contributed by atoms with Crippen LogP contribution in [0.1, 0.15) is 6.92 Å². The minimum atomic E-state index is -0.449. The molecule has 1 amide bonds. The third kappa shape index (κ3) is 6.21. The van der Waals surface area contributed by atoms with E-state index in [0.29, 0.717) is 17.3 Å². The Kier molecular flexibility index (Phi) is 7.78. The second kappa shape index (κ2) is 9.83.